The van der Waals surface area contributed by atoms with E-state index in [9.17, 15) is 4.79 Å². The summed E-state index contributed by atoms with van der Waals surface area (Å²) in [6.45, 7) is 4.83. The molecular weight excluding hydrogens is 232 g/mol. The molecule has 0 radical (unpaired) electrons. The number of carboxylic acids is 1. The molecule has 0 aliphatic carbocycles. The second-order valence-corrected chi connectivity index (χ2v) is 4.74. The lowest BCUT2D eigenvalue weighted by atomic mass is 10.1. The highest BCUT2D eigenvalue weighted by Gasteiger charge is 2.23. The summed E-state index contributed by atoms with van der Waals surface area (Å²) in [4.78, 5) is 19.7. The second-order valence-electron chi connectivity index (χ2n) is 4.74. The van der Waals surface area contributed by atoms with Gasteiger partial charge in [0.15, 0.2) is 0 Å². The average Bonchev–Trinajstić information content (AvgIpc) is 2.30. The smallest absolute Gasteiger partial charge is 0.337 e. The third-order valence-electron chi connectivity index (χ3n) is 3.28. The molecule has 2 rings (SSSR count). The van der Waals surface area contributed by atoms with Crippen molar-refractivity contribution in [3.8, 4) is 0 Å². The van der Waals surface area contributed by atoms with Gasteiger partial charge in [0.2, 0.25) is 0 Å². The van der Waals surface area contributed by atoms with Gasteiger partial charge in [0.05, 0.1) is 17.4 Å². The number of carboxylic acid groups (broad SMARTS) is 1. The van der Waals surface area contributed by atoms with E-state index < -0.39 is 5.97 Å². The lowest BCUT2D eigenvalue weighted by molar-refractivity contribution is 0.0698. The Labute approximate surface area is 106 Å². The van der Waals surface area contributed by atoms with E-state index in [2.05, 4.69) is 28.8 Å². The number of piperazine rings is 1. The zero-order chi connectivity index (χ0) is 13.3. The molecule has 1 aromatic heterocycles. The van der Waals surface area contributed by atoms with Crippen LogP contribution in [0.5, 0.6) is 0 Å². The van der Waals surface area contributed by atoms with Crippen LogP contribution in [-0.2, 0) is 0 Å². The fourth-order valence-electron chi connectivity index (χ4n) is 2.28. The third kappa shape index (κ3) is 2.38. The molecule has 0 amide bonds. The summed E-state index contributed by atoms with van der Waals surface area (Å²) < 4.78 is 0. The normalized spacial score (nSPS) is 21.0. The Bertz CT molecular complexity index is 463. The zero-order valence-corrected chi connectivity index (χ0v) is 10.6. The van der Waals surface area contributed by atoms with Gasteiger partial charge in [-0.1, -0.05) is 0 Å². The van der Waals surface area contributed by atoms with Gasteiger partial charge in [-0.25, -0.2) is 9.78 Å². The molecule has 1 atom stereocenters. The van der Waals surface area contributed by atoms with Crippen molar-refractivity contribution in [2.24, 2.45) is 0 Å². The monoisotopic (exact) mass is 250 g/mol. The third-order valence-corrected chi connectivity index (χ3v) is 3.28. The standard InChI is InChI=1S/C12H18N4O2/c1-8-7-15(2)3-4-16(8)11-5-9(12(17)18)10(13)6-14-11/h5-6,8H,3-4,7,13H2,1-2H3,(H,17,18). The lowest BCUT2D eigenvalue weighted by Gasteiger charge is -2.39. The molecule has 3 N–H and O–H groups in total. The van der Waals surface area contributed by atoms with Crippen molar-refractivity contribution in [3.05, 3.63) is 17.8 Å². The molecule has 1 saturated heterocycles. The number of aromatic nitrogens is 1. The number of nitrogens with zero attached hydrogens (tertiary/aromatic N) is 3. The Morgan fingerprint density at radius 1 is 1.56 bits per heavy atom. The molecule has 0 bridgehead atoms. The molecule has 6 heteroatoms. The molecule has 1 fully saturated rings. The number of likely N-dealkylation sites (N-methyl/N-ethyl adjacent to an activating group) is 1. The SMILES string of the molecule is CC1CN(C)CCN1c1cc(C(=O)O)c(N)cn1. The first kappa shape index (κ1) is 12.6. The summed E-state index contributed by atoms with van der Waals surface area (Å²) in [5, 5.41) is 9.06. The van der Waals surface area contributed by atoms with Gasteiger partial charge in [-0.3, -0.25) is 0 Å². The number of anilines is 2. The summed E-state index contributed by atoms with van der Waals surface area (Å²) in [6.07, 6.45) is 1.42. The molecule has 0 aromatic carbocycles. The van der Waals surface area contributed by atoms with Crippen LogP contribution >= 0.6 is 0 Å². The Morgan fingerprint density at radius 3 is 2.89 bits per heavy atom. The Kier molecular flexibility index (Phi) is 3.38. The molecule has 1 aliphatic rings. The number of aromatic carboxylic acids is 1. The van der Waals surface area contributed by atoms with Crippen LogP contribution in [0.4, 0.5) is 11.5 Å². The highest BCUT2D eigenvalue weighted by Crippen LogP contribution is 2.21. The van der Waals surface area contributed by atoms with Crippen LogP contribution in [-0.4, -0.2) is 53.7 Å². The summed E-state index contributed by atoms with van der Waals surface area (Å²) in [6, 6.07) is 1.86. The van der Waals surface area contributed by atoms with Gasteiger partial charge >= 0.3 is 5.97 Å². The highest BCUT2D eigenvalue weighted by molar-refractivity contribution is 5.94. The van der Waals surface area contributed by atoms with E-state index in [0.717, 1.165) is 19.6 Å². The minimum Gasteiger partial charge on any atom is -0.478 e. The molecule has 0 spiro atoms. The fourth-order valence-corrected chi connectivity index (χ4v) is 2.28. The number of nitrogens with two attached hydrogens (primary N) is 1. The van der Waals surface area contributed by atoms with Gasteiger partial charge in [0, 0.05) is 25.7 Å². The van der Waals surface area contributed by atoms with Crippen LogP contribution in [0.3, 0.4) is 0 Å². The van der Waals surface area contributed by atoms with Crippen molar-refractivity contribution in [1.29, 1.82) is 0 Å². The minimum absolute atomic E-state index is 0.117. The molecule has 1 aliphatic heterocycles. The molecule has 1 aromatic rings. The topological polar surface area (TPSA) is 82.7 Å². The maximum atomic E-state index is 11.1. The van der Waals surface area contributed by atoms with Crippen LogP contribution in [0.15, 0.2) is 12.3 Å². The van der Waals surface area contributed by atoms with Crippen molar-refractivity contribution < 1.29 is 9.90 Å². The summed E-state index contributed by atoms with van der Waals surface area (Å²) in [5.41, 5.74) is 5.93. The van der Waals surface area contributed by atoms with Gasteiger partial charge in [0.25, 0.3) is 0 Å². The predicted molar refractivity (Wildman–Crippen MR) is 69.9 cm³/mol. The molecule has 0 saturated carbocycles. The Morgan fingerprint density at radius 2 is 2.28 bits per heavy atom. The number of hydrogen-bond donors (Lipinski definition) is 2. The summed E-state index contributed by atoms with van der Waals surface area (Å²) >= 11 is 0. The van der Waals surface area contributed by atoms with Crippen LogP contribution in [0, 0.1) is 0 Å². The van der Waals surface area contributed by atoms with E-state index >= 15 is 0 Å². The van der Waals surface area contributed by atoms with Crippen molar-refractivity contribution in [3.63, 3.8) is 0 Å². The molecule has 1 unspecified atom stereocenters. The molecular formula is C12H18N4O2. The van der Waals surface area contributed by atoms with Crippen LogP contribution < -0.4 is 10.6 Å². The first-order chi connectivity index (χ1) is 8.49. The predicted octanol–water partition coefficient (Wildman–Crippen LogP) is 0.502. The summed E-state index contributed by atoms with van der Waals surface area (Å²) in [5.74, 6) is -0.333. The first-order valence-corrected chi connectivity index (χ1v) is 5.93. The zero-order valence-electron chi connectivity index (χ0n) is 10.6. The van der Waals surface area contributed by atoms with E-state index in [0.29, 0.717) is 11.9 Å². The molecule has 98 valence electrons. The Hall–Kier alpha value is -1.82. The second kappa shape index (κ2) is 4.81. The van der Waals surface area contributed by atoms with Crippen LogP contribution in [0.1, 0.15) is 17.3 Å². The van der Waals surface area contributed by atoms with Crippen molar-refractivity contribution >= 4 is 17.5 Å². The maximum absolute atomic E-state index is 11.1. The maximum Gasteiger partial charge on any atom is 0.337 e. The van der Waals surface area contributed by atoms with Crippen LogP contribution in [0.25, 0.3) is 0 Å². The Balaban J connectivity index is 2.28. The molecule has 18 heavy (non-hydrogen) atoms. The first-order valence-electron chi connectivity index (χ1n) is 5.93. The van der Waals surface area contributed by atoms with E-state index in [4.69, 9.17) is 10.8 Å². The average molecular weight is 250 g/mol. The van der Waals surface area contributed by atoms with E-state index in [1.807, 2.05) is 0 Å². The molecule has 6 nitrogen and oxygen atoms in total. The van der Waals surface area contributed by atoms with Crippen molar-refractivity contribution in [1.82, 2.24) is 9.88 Å². The van der Waals surface area contributed by atoms with Crippen molar-refractivity contribution in [2.75, 3.05) is 37.3 Å². The van der Waals surface area contributed by atoms with E-state index in [1.165, 1.54) is 6.20 Å². The lowest BCUT2D eigenvalue weighted by Crippen LogP contribution is -2.50. The van der Waals surface area contributed by atoms with Gasteiger partial charge in [-0.2, -0.15) is 0 Å². The number of carbonyl (C=O) groups is 1. The van der Waals surface area contributed by atoms with Gasteiger partial charge in [0.1, 0.15) is 5.82 Å². The highest BCUT2D eigenvalue weighted by atomic mass is 16.4. The van der Waals surface area contributed by atoms with Crippen molar-refractivity contribution in [2.45, 2.75) is 13.0 Å². The quantitative estimate of drug-likeness (QED) is 0.795. The largest absolute Gasteiger partial charge is 0.478 e. The summed E-state index contributed by atoms with van der Waals surface area (Å²) in [7, 11) is 2.08. The number of pyridine rings is 1. The van der Waals surface area contributed by atoms with Gasteiger partial charge in [-0.05, 0) is 20.0 Å². The van der Waals surface area contributed by atoms with Gasteiger partial charge < -0.3 is 20.6 Å². The van der Waals surface area contributed by atoms with Crippen LogP contribution in [0.2, 0.25) is 0 Å². The van der Waals surface area contributed by atoms with Gasteiger partial charge in [-0.15, -0.1) is 0 Å². The minimum atomic E-state index is -1.02. The number of rotatable bonds is 2. The van der Waals surface area contributed by atoms with E-state index in [1.54, 1.807) is 6.07 Å². The molecule has 2 heterocycles. The number of hydrogen-bond acceptors (Lipinski definition) is 5. The van der Waals surface area contributed by atoms with E-state index in [-0.39, 0.29) is 11.3 Å². The fraction of sp³-hybridized carbons (Fsp3) is 0.500. The number of nitrogen functional groups attached to an aromatic ring is 1.